The van der Waals surface area contributed by atoms with Gasteiger partial charge in [0.25, 0.3) is 11.8 Å². The Kier molecular flexibility index (Phi) is 7.39. The molecule has 3 rings (SSSR count). The number of amides is 2. The fourth-order valence-electron chi connectivity index (χ4n) is 2.92. The molecule has 0 aliphatic carbocycles. The molecule has 0 radical (unpaired) electrons. The lowest BCUT2D eigenvalue weighted by Gasteiger charge is -2.12. The van der Waals surface area contributed by atoms with Crippen LogP contribution in [0.1, 0.15) is 16.7 Å². The number of methoxy groups -OCH3 is 1. The van der Waals surface area contributed by atoms with Crippen molar-refractivity contribution in [3.63, 3.8) is 0 Å². The van der Waals surface area contributed by atoms with Crippen molar-refractivity contribution < 1.29 is 14.3 Å². The van der Waals surface area contributed by atoms with Gasteiger partial charge in [0.2, 0.25) is 0 Å². The van der Waals surface area contributed by atoms with Gasteiger partial charge >= 0.3 is 0 Å². The van der Waals surface area contributed by atoms with E-state index in [4.69, 9.17) is 4.74 Å². The molecule has 0 spiro atoms. The zero-order valence-corrected chi connectivity index (χ0v) is 16.8. The molecule has 0 bridgehead atoms. The van der Waals surface area contributed by atoms with Crippen molar-refractivity contribution in [2.24, 2.45) is 0 Å². The Bertz CT molecular complexity index is 957. The Hall–Kier alpha value is -3.86. The number of carbonyl (C=O) groups is 2. The van der Waals surface area contributed by atoms with Crippen LogP contribution in [0, 0.1) is 0 Å². The highest BCUT2D eigenvalue weighted by Gasteiger charge is 2.19. The largest absolute Gasteiger partial charge is 0.496 e. The van der Waals surface area contributed by atoms with Gasteiger partial charge in [-0.3, -0.25) is 9.59 Å². The van der Waals surface area contributed by atoms with Gasteiger partial charge in [-0.25, -0.2) is 0 Å². The van der Waals surface area contributed by atoms with Gasteiger partial charge in [0, 0.05) is 18.7 Å². The highest BCUT2D eigenvalue weighted by atomic mass is 16.5. The van der Waals surface area contributed by atoms with Crippen LogP contribution >= 0.6 is 0 Å². The summed E-state index contributed by atoms with van der Waals surface area (Å²) in [5.74, 6) is -0.313. The lowest BCUT2D eigenvalue weighted by molar-refractivity contribution is -0.123. The second-order valence-corrected chi connectivity index (χ2v) is 6.64. The molecule has 2 amide bonds. The number of para-hydroxylation sites is 1. The fraction of sp³-hybridized carbons (Fsp3) is 0.120. The van der Waals surface area contributed by atoms with Crippen molar-refractivity contribution in [2.45, 2.75) is 13.1 Å². The number of hydrogen-bond acceptors (Lipinski definition) is 3. The highest BCUT2D eigenvalue weighted by Crippen LogP contribution is 2.20. The van der Waals surface area contributed by atoms with Crippen LogP contribution in [0.2, 0.25) is 0 Å². The zero-order valence-electron chi connectivity index (χ0n) is 16.8. The summed E-state index contributed by atoms with van der Waals surface area (Å²) in [7, 11) is 1.55. The van der Waals surface area contributed by atoms with Crippen molar-refractivity contribution in [3.8, 4) is 5.75 Å². The number of rotatable bonds is 8. The van der Waals surface area contributed by atoms with Gasteiger partial charge in [-0.15, -0.1) is 0 Å². The third-order valence-corrected chi connectivity index (χ3v) is 4.52. The molecule has 30 heavy (non-hydrogen) atoms. The van der Waals surface area contributed by atoms with E-state index in [0.29, 0.717) is 24.4 Å². The van der Waals surface area contributed by atoms with Crippen LogP contribution in [0.25, 0.3) is 6.08 Å². The monoisotopic (exact) mass is 400 g/mol. The molecule has 3 aromatic rings. The summed E-state index contributed by atoms with van der Waals surface area (Å²) in [5, 5.41) is 5.65. The third kappa shape index (κ3) is 5.82. The maximum atomic E-state index is 12.9. The second kappa shape index (κ2) is 10.6. The van der Waals surface area contributed by atoms with Crippen LogP contribution in [-0.2, 0) is 22.7 Å². The molecule has 0 atom stereocenters. The lowest BCUT2D eigenvalue weighted by atomic mass is 10.1. The molecule has 0 aliphatic rings. The summed E-state index contributed by atoms with van der Waals surface area (Å²) in [6.45, 7) is 0.657. The summed E-state index contributed by atoms with van der Waals surface area (Å²) in [5.41, 5.74) is 2.57. The van der Waals surface area contributed by atoms with E-state index in [1.165, 1.54) is 0 Å². The van der Waals surface area contributed by atoms with E-state index in [1.54, 1.807) is 25.3 Å². The predicted molar refractivity (Wildman–Crippen MR) is 118 cm³/mol. The van der Waals surface area contributed by atoms with Gasteiger partial charge in [0.15, 0.2) is 0 Å². The quantitative estimate of drug-likeness (QED) is 0.344. The van der Waals surface area contributed by atoms with Crippen LogP contribution in [0.3, 0.4) is 0 Å². The molecule has 5 nitrogen and oxygen atoms in total. The first-order valence-electron chi connectivity index (χ1n) is 9.66. The van der Waals surface area contributed by atoms with Crippen molar-refractivity contribution in [3.05, 3.63) is 107 Å². The highest BCUT2D eigenvalue weighted by molar-refractivity contribution is 6.21. The van der Waals surface area contributed by atoms with E-state index in [0.717, 1.165) is 11.1 Å². The van der Waals surface area contributed by atoms with Crippen LogP contribution in [0.4, 0.5) is 0 Å². The summed E-state index contributed by atoms with van der Waals surface area (Å²) in [6, 6.07) is 26.3. The molecule has 0 saturated heterocycles. The minimum Gasteiger partial charge on any atom is -0.496 e. The summed E-state index contributed by atoms with van der Waals surface area (Å²) < 4.78 is 5.36. The van der Waals surface area contributed by atoms with E-state index < -0.39 is 11.8 Å². The van der Waals surface area contributed by atoms with Crippen LogP contribution in [-0.4, -0.2) is 18.9 Å². The predicted octanol–water partition coefficient (Wildman–Crippen LogP) is 3.71. The van der Waals surface area contributed by atoms with Gasteiger partial charge in [-0.1, -0.05) is 78.9 Å². The van der Waals surface area contributed by atoms with Crippen LogP contribution < -0.4 is 15.4 Å². The standard InChI is InChI=1S/C25H24N2O3/c1-30-23-15-9-8-14-21(23)16-22(24(28)26-17-19-10-4-2-5-11-19)25(29)27-18-20-12-6-3-7-13-20/h2-16H,17-18H2,1H3,(H,26,28)(H,27,29). The molecular formula is C25H24N2O3. The number of nitrogens with one attached hydrogen (secondary N) is 2. The van der Waals surface area contributed by atoms with Gasteiger partial charge in [-0.05, 0) is 23.3 Å². The summed E-state index contributed by atoms with van der Waals surface area (Å²) in [4.78, 5) is 25.8. The normalized spacial score (nSPS) is 10.0. The number of ether oxygens (including phenoxy) is 1. The minimum atomic E-state index is -0.449. The molecule has 0 fully saturated rings. The number of benzene rings is 3. The van der Waals surface area contributed by atoms with Crippen molar-refractivity contribution in [1.29, 1.82) is 0 Å². The van der Waals surface area contributed by atoms with E-state index in [1.807, 2.05) is 72.8 Å². The number of carbonyl (C=O) groups excluding carboxylic acids is 2. The van der Waals surface area contributed by atoms with E-state index >= 15 is 0 Å². The average Bonchev–Trinajstić information content (AvgIpc) is 2.81. The molecule has 0 aliphatic heterocycles. The molecule has 0 heterocycles. The Morgan fingerprint density at radius 2 is 1.20 bits per heavy atom. The molecule has 5 heteroatoms. The number of hydrogen-bond donors (Lipinski definition) is 2. The van der Waals surface area contributed by atoms with Gasteiger partial charge in [0.05, 0.1) is 7.11 Å². The second-order valence-electron chi connectivity index (χ2n) is 6.64. The van der Waals surface area contributed by atoms with Crippen LogP contribution in [0.15, 0.2) is 90.5 Å². The summed E-state index contributed by atoms with van der Waals surface area (Å²) in [6.07, 6.45) is 1.56. The SMILES string of the molecule is COc1ccccc1C=C(C(=O)NCc1ccccc1)C(=O)NCc1ccccc1. The van der Waals surface area contributed by atoms with E-state index in [-0.39, 0.29) is 5.57 Å². The topological polar surface area (TPSA) is 67.4 Å². The summed E-state index contributed by atoms with van der Waals surface area (Å²) >= 11 is 0. The van der Waals surface area contributed by atoms with E-state index in [2.05, 4.69) is 10.6 Å². The van der Waals surface area contributed by atoms with E-state index in [9.17, 15) is 9.59 Å². The molecule has 3 aromatic carbocycles. The molecule has 0 unspecified atom stereocenters. The van der Waals surface area contributed by atoms with Gasteiger partial charge in [-0.2, -0.15) is 0 Å². The van der Waals surface area contributed by atoms with Crippen molar-refractivity contribution in [1.82, 2.24) is 10.6 Å². The molecule has 0 saturated carbocycles. The molecule has 2 N–H and O–H groups in total. The fourth-order valence-corrected chi connectivity index (χ4v) is 2.92. The average molecular weight is 400 g/mol. The first-order valence-corrected chi connectivity index (χ1v) is 9.66. The third-order valence-electron chi connectivity index (χ3n) is 4.52. The van der Waals surface area contributed by atoms with Crippen LogP contribution in [0.5, 0.6) is 5.75 Å². The molecular weight excluding hydrogens is 376 g/mol. The van der Waals surface area contributed by atoms with Gasteiger partial charge < -0.3 is 15.4 Å². The smallest absolute Gasteiger partial charge is 0.257 e. The Morgan fingerprint density at radius 1 is 0.733 bits per heavy atom. The lowest BCUT2D eigenvalue weighted by Crippen LogP contribution is -2.34. The minimum absolute atomic E-state index is 0.0198. The molecule has 152 valence electrons. The van der Waals surface area contributed by atoms with Crippen molar-refractivity contribution in [2.75, 3.05) is 7.11 Å². The maximum absolute atomic E-state index is 12.9. The first-order chi connectivity index (χ1) is 14.7. The Morgan fingerprint density at radius 3 is 1.70 bits per heavy atom. The zero-order chi connectivity index (χ0) is 21.2. The Labute approximate surface area is 176 Å². The maximum Gasteiger partial charge on any atom is 0.257 e. The Balaban J connectivity index is 1.80. The van der Waals surface area contributed by atoms with Gasteiger partial charge in [0.1, 0.15) is 11.3 Å². The first kappa shape index (κ1) is 20.9. The molecule has 0 aromatic heterocycles. The van der Waals surface area contributed by atoms with Crippen molar-refractivity contribution >= 4 is 17.9 Å².